The molecule has 30 heavy (non-hydrogen) atoms. The Hall–Kier alpha value is -3.52. The minimum atomic E-state index is -0.578. The van der Waals surface area contributed by atoms with Gasteiger partial charge in [0.25, 0.3) is 5.91 Å². The highest BCUT2D eigenvalue weighted by molar-refractivity contribution is 7.13. The Morgan fingerprint density at radius 2 is 1.97 bits per heavy atom. The van der Waals surface area contributed by atoms with Gasteiger partial charge in [0.1, 0.15) is 0 Å². The van der Waals surface area contributed by atoms with Gasteiger partial charge in [-0.3, -0.25) is 4.79 Å². The standard InChI is InChI=1S/C22H20N4O3S/c1-3-26-21-17(13-23-26)16(12-18(24-21)19-10-7-11-30-19)22(28)29-14-20(27)25(2)15-8-5-4-6-9-15/h4-13H,3,14H2,1-2H3. The van der Waals surface area contributed by atoms with Crippen molar-refractivity contribution in [3.63, 3.8) is 0 Å². The SMILES string of the molecule is CCn1ncc2c(C(=O)OCC(=O)N(C)c3ccccc3)cc(-c3cccs3)nc21. The summed E-state index contributed by atoms with van der Waals surface area (Å²) in [7, 11) is 1.65. The van der Waals surface area contributed by atoms with Crippen LogP contribution in [0, 0.1) is 0 Å². The zero-order valence-electron chi connectivity index (χ0n) is 16.6. The molecular weight excluding hydrogens is 400 g/mol. The van der Waals surface area contributed by atoms with Crippen molar-refractivity contribution in [1.29, 1.82) is 0 Å². The third-order valence-corrected chi connectivity index (χ3v) is 5.64. The van der Waals surface area contributed by atoms with Gasteiger partial charge >= 0.3 is 5.97 Å². The number of amides is 1. The summed E-state index contributed by atoms with van der Waals surface area (Å²) in [5.41, 5.74) is 2.36. The van der Waals surface area contributed by atoms with Crippen LogP contribution < -0.4 is 4.90 Å². The number of rotatable bonds is 6. The number of aryl methyl sites for hydroxylation is 1. The topological polar surface area (TPSA) is 77.3 Å². The van der Waals surface area contributed by atoms with Crippen LogP contribution in [-0.4, -0.2) is 40.3 Å². The van der Waals surface area contributed by atoms with E-state index in [0.717, 1.165) is 10.6 Å². The van der Waals surface area contributed by atoms with Gasteiger partial charge in [0.2, 0.25) is 0 Å². The van der Waals surface area contributed by atoms with E-state index >= 15 is 0 Å². The van der Waals surface area contributed by atoms with Crippen molar-refractivity contribution in [3.05, 3.63) is 65.7 Å². The van der Waals surface area contributed by atoms with Crippen LogP contribution in [0.15, 0.2) is 60.1 Å². The maximum atomic E-state index is 12.9. The van der Waals surface area contributed by atoms with E-state index in [9.17, 15) is 9.59 Å². The number of likely N-dealkylation sites (N-methyl/N-ethyl adjacent to an activating group) is 1. The van der Waals surface area contributed by atoms with Crippen LogP contribution in [0.3, 0.4) is 0 Å². The van der Waals surface area contributed by atoms with E-state index in [1.165, 1.54) is 16.2 Å². The van der Waals surface area contributed by atoms with Gasteiger partial charge in [-0.25, -0.2) is 14.5 Å². The second kappa shape index (κ2) is 8.46. The number of benzene rings is 1. The summed E-state index contributed by atoms with van der Waals surface area (Å²) in [5.74, 6) is -0.895. The first-order valence-electron chi connectivity index (χ1n) is 9.47. The van der Waals surface area contributed by atoms with Crippen molar-refractivity contribution in [2.45, 2.75) is 13.5 Å². The monoisotopic (exact) mass is 420 g/mol. The Kier molecular flexibility index (Phi) is 5.58. The molecule has 0 atom stereocenters. The lowest BCUT2D eigenvalue weighted by Crippen LogP contribution is -2.31. The van der Waals surface area contributed by atoms with Gasteiger partial charge in [0, 0.05) is 19.3 Å². The van der Waals surface area contributed by atoms with Crippen LogP contribution in [0.1, 0.15) is 17.3 Å². The molecule has 1 aromatic carbocycles. The maximum absolute atomic E-state index is 12.9. The lowest BCUT2D eigenvalue weighted by atomic mass is 10.1. The van der Waals surface area contributed by atoms with Crippen LogP contribution in [0.4, 0.5) is 5.69 Å². The Labute approximate surface area is 177 Å². The molecular formula is C22H20N4O3S. The van der Waals surface area contributed by atoms with Crippen molar-refractivity contribution in [2.24, 2.45) is 0 Å². The van der Waals surface area contributed by atoms with Crippen molar-refractivity contribution >= 4 is 39.9 Å². The van der Waals surface area contributed by atoms with Crippen molar-refractivity contribution in [1.82, 2.24) is 14.8 Å². The molecule has 0 fully saturated rings. The van der Waals surface area contributed by atoms with E-state index in [1.54, 1.807) is 24.0 Å². The maximum Gasteiger partial charge on any atom is 0.339 e. The van der Waals surface area contributed by atoms with Crippen molar-refractivity contribution < 1.29 is 14.3 Å². The van der Waals surface area contributed by atoms with Gasteiger partial charge in [-0.05, 0) is 36.6 Å². The Balaban J connectivity index is 1.59. The number of hydrogen-bond acceptors (Lipinski definition) is 6. The molecule has 3 heterocycles. The molecule has 0 aliphatic heterocycles. The first-order valence-corrected chi connectivity index (χ1v) is 10.4. The Morgan fingerprint density at radius 3 is 2.67 bits per heavy atom. The normalized spacial score (nSPS) is 10.9. The summed E-state index contributed by atoms with van der Waals surface area (Å²) in [5, 5.41) is 6.87. The number of fused-ring (bicyclic) bond motifs is 1. The van der Waals surface area contributed by atoms with E-state index in [0.29, 0.717) is 28.8 Å². The molecule has 1 amide bonds. The third kappa shape index (κ3) is 3.81. The van der Waals surface area contributed by atoms with Gasteiger partial charge in [-0.15, -0.1) is 11.3 Å². The Bertz CT molecular complexity index is 1190. The number of hydrogen-bond donors (Lipinski definition) is 0. The van der Waals surface area contributed by atoms with E-state index in [-0.39, 0.29) is 12.5 Å². The predicted molar refractivity (Wildman–Crippen MR) is 117 cm³/mol. The minimum Gasteiger partial charge on any atom is -0.452 e. The number of aromatic nitrogens is 3. The molecule has 8 heteroatoms. The molecule has 0 N–H and O–H groups in total. The van der Waals surface area contributed by atoms with Crippen LogP contribution >= 0.6 is 11.3 Å². The average molecular weight is 420 g/mol. The van der Waals surface area contributed by atoms with Gasteiger partial charge < -0.3 is 9.64 Å². The second-order valence-electron chi connectivity index (χ2n) is 6.59. The van der Waals surface area contributed by atoms with Crippen LogP contribution in [0.2, 0.25) is 0 Å². The quantitative estimate of drug-likeness (QED) is 0.441. The smallest absolute Gasteiger partial charge is 0.339 e. The van der Waals surface area contributed by atoms with E-state index in [4.69, 9.17) is 4.74 Å². The molecule has 0 aliphatic carbocycles. The summed E-state index contributed by atoms with van der Waals surface area (Å²) in [6.45, 7) is 2.23. The fraction of sp³-hybridized carbons (Fsp3) is 0.182. The number of para-hydroxylation sites is 1. The molecule has 0 radical (unpaired) electrons. The summed E-state index contributed by atoms with van der Waals surface area (Å²) in [6.07, 6.45) is 1.61. The lowest BCUT2D eigenvalue weighted by molar-refractivity contribution is -0.121. The lowest BCUT2D eigenvalue weighted by Gasteiger charge is -2.17. The molecule has 0 bridgehead atoms. The van der Waals surface area contributed by atoms with Gasteiger partial charge in [-0.2, -0.15) is 5.10 Å². The zero-order chi connectivity index (χ0) is 21.1. The fourth-order valence-electron chi connectivity index (χ4n) is 3.10. The first-order chi connectivity index (χ1) is 14.6. The van der Waals surface area contributed by atoms with E-state index in [1.807, 2.05) is 54.8 Å². The summed E-state index contributed by atoms with van der Waals surface area (Å²) in [4.78, 5) is 32.4. The molecule has 4 aromatic rings. The second-order valence-corrected chi connectivity index (χ2v) is 7.54. The van der Waals surface area contributed by atoms with Crippen LogP contribution in [0.5, 0.6) is 0 Å². The predicted octanol–water partition coefficient (Wildman–Crippen LogP) is 4.00. The highest BCUT2D eigenvalue weighted by atomic mass is 32.1. The molecule has 0 unspecified atom stereocenters. The zero-order valence-corrected chi connectivity index (χ0v) is 17.4. The third-order valence-electron chi connectivity index (χ3n) is 4.75. The van der Waals surface area contributed by atoms with Crippen molar-refractivity contribution in [3.8, 4) is 10.6 Å². The minimum absolute atomic E-state index is 0.317. The highest BCUT2D eigenvalue weighted by Gasteiger charge is 2.20. The van der Waals surface area contributed by atoms with Crippen LogP contribution in [-0.2, 0) is 16.1 Å². The summed E-state index contributed by atoms with van der Waals surface area (Å²) in [6, 6.07) is 14.8. The number of esters is 1. The van der Waals surface area contributed by atoms with E-state index < -0.39 is 5.97 Å². The molecule has 0 aliphatic rings. The van der Waals surface area contributed by atoms with Gasteiger partial charge in [0.05, 0.1) is 27.7 Å². The number of carbonyl (C=O) groups excluding carboxylic acids is 2. The molecule has 7 nitrogen and oxygen atoms in total. The summed E-state index contributed by atoms with van der Waals surface area (Å²) >= 11 is 1.54. The summed E-state index contributed by atoms with van der Waals surface area (Å²) < 4.78 is 7.10. The number of nitrogens with zero attached hydrogens (tertiary/aromatic N) is 4. The highest BCUT2D eigenvalue weighted by Crippen LogP contribution is 2.28. The van der Waals surface area contributed by atoms with Crippen LogP contribution in [0.25, 0.3) is 21.6 Å². The molecule has 152 valence electrons. The molecule has 4 rings (SSSR count). The van der Waals surface area contributed by atoms with Gasteiger partial charge in [0.15, 0.2) is 12.3 Å². The number of carbonyl (C=O) groups is 2. The molecule has 0 spiro atoms. The van der Waals surface area contributed by atoms with Gasteiger partial charge in [-0.1, -0.05) is 24.3 Å². The van der Waals surface area contributed by atoms with Crippen molar-refractivity contribution in [2.75, 3.05) is 18.6 Å². The molecule has 0 saturated heterocycles. The first kappa shape index (κ1) is 19.8. The Morgan fingerprint density at radius 1 is 1.17 bits per heavy atom. The average Bonchev–Trinajstić information content (AvgIpc) is 3.46. The number of pyridine rings is 1. The number of ether oxygens (including phenoxy) is 1. The van der Waals surface area contributed by atoms with E-state index in [2.05, 4.69) is 10.1 Å². The molecule has 0 saturated carbocycles. The fourth-order valence-corrected chi connectivity index (χ4v) is 3.78. The molecule has 3 aromatic heterocycles. The number of thiophene rings is 1. The number of anilines is 1. The largest absolute Gasteiger partial charge is 0.452 e.